The topological polar surface area (TPSA) is 69.6 Å². The SMILES string of the molecule is O=C(O)N[C@@H]1CCCCN(Cc2ccccc2)C1=O. The Hall–Kier alpha value is -2.04. The molecule has 0 bridgehead atoms. The highest BCUT2D eigenvalue weighted by atomic mass is 16.4. The first-order valence-corrected chi connectivity index (χ1v) is 6.49. The van der Waals surface area contributed by atoms with Crippen LogP contribution < -0.4 is 5.32 Å². The Kier molecular flexibility index (Phi) is 4.39. The Labute approximate surface area is 112 Å². The molecule has 1 aromatic carbocycles. The third-order valence-electron chi connectivity index (χ3n) is 3.29. The molecule has 0 aromatic heterocycles. The maximum atomic E-state index is 12.3. The van der Waals surface area contributed by atoms with Gasteiger partial charge in [0.1, 0.15) is 6.04 Å². The van der Waals surface area contributed by atoms with E-state index < -0.39 is 12.1 Å². The van der Waals surface area contributed by atoms with Gasteiger partial charge in [0.25, 0.3) is 0 Å². The van der Waals surface area contributed by atoms with Crippen LogP contribution in [0.1, 0.15) is 24.8 Å². The lowest BCUT2D eigenvalue weighted by Gasteiger charge is -2.24. The third-order valence-corrected chi connectivity index (χ3v) is 3.29. The van der Waals surface area contributed by atoms with Gasteiger partial charge in [-0.1, -0.05) is 30.3 Å². The zero-order chi connectivity index (χ0) is 13.7. The maximum Gasteiger partial charge on any atom is 0.405 e. The average Bonchev–Trinajstić information content (AvgIpc) is 2.55. The Morgan fingerprint density at radius 3 is 2.74 bits per heavy atom. The molecule has 2 rings (SSSR count). The van der Waals surface area contributed by atoms with Gasteiger partial charge in [-0.05, 0) is 24.8 Å². The lowest BCUT2D eigenvalue weighted by atomic mass is 10.1. The van der Waals surface area contributed by atoms with Crippen LogP contribution in [-0.4, -0.2) is 34.6 Å². The van der Waals surface area contributed by atoms with Crippen LogP contribution in [0.3, 0.4) is 0 Å². The summed E-state index contributed by atoms with van der Waals surface area (Å²) in [6.45, 7) is 1.23. The molecular weight excluding hydrogens is 244 g/mol. The Morgan fingerprint density at radius 2 is 2.05 bits per heavy atom. The van der Waals surface area contributed by atoms with Crippen molar-refractivity contribution >= 4 is 12.0 Å². The fourth-order valence-electron chi connectivity index (χ4n) is 2.35. The fourth-order valence-corrected chi connectivity index (χ4v) is 2.35. The van der Waals surface area contributed by atoms with Gasteiger partial charge in [-0.2, -0.15) is 0 Å². The van der Waals surface area contributed by atoms with Crippen molar-refractivity contribution < 1.29 is 14.7 Å². The first-order chi connectivity index (χ1) is 9.16. The van der Waals surface area contributed by atoms with Crippen molar-refractivity contribution in [1.29, 1.82) is 0 Å². The van der Waals surface area contributed by atoms with E-state index in [1.807, 2.05) is 30.3 Å². The highest BCUT2D eigenvalue weighted by molar-refractivity contribution is 5.85. The normalized spacial score (nSPS) is 19.9. The van der Waals surface area contributed by atoms with Gasteiger partial charge in [0, 0.05) is 13.1 Å². The molecule has 1 heterocycles. The highest BCUT2D eigenvalue weighted by Crippen LogP contribution is 2.15. The first kappa shape index (κ1) is 13.4. The molecule has 0 saturated carbocycles. The number of amides is 2. The molecule has 0 unspecified atom stereocenters. The number of hydrogen-bond acceptors (Lipinski definition) is 2. The number of likely N-dealkylation sites (tertiary alicyclic amines) is 1. The van der Waals surface area contributed by atoms with Gasteiger partial charge in [-0.25, -0.2) is 4.79 Å². The largest absolute Gasteiger partial charge is 0.465 e. The Bertz CT molecular complexity index is 447. The van der Waals surface area contributed by atoms with E-state index in [0.717, 1.165) is 18.4 Å². The molecule has 102 valence electrons. The molecule has 1 atom stereocenters. The van der Waals surface area contributed by atoms with Gasteiger partial charge in [0.05, 0.1) is 0 Å². The van der Waals surface area contributed by atoms with Crippen LogP contribution in [-0.2, 0) is 11.3 Å². The second-order valence-electron chi connectivity index (χ2n) is 4.74. The molecular formula is C14H18N2O3. The summed E-state index contributed by atoms with van der Waals surface area (Å²) < 4.78 is 0. The molecule has 1 aliphatic rings. The van der Waals surface area contributed by atoms with E-state index in [-0.39, 0.29) is 5.91 Å². The van der Waals surface area contributed by atoms with Gasteiger partial charge in [-0.3, -0.25) is 4.79 Å². The third kappa shape index (κ3) is 3.71. The number of nitrogens with one attached hydrogen (secondary N) is 1. The summed E-state index contributed by atoms with van der Waals surface area (Å²) in [6.07, 6.45) is 1.22. The van der Waals surface area contributed by atoms with Crippen molar-refractivity contribution in [2.24, 2.45) is 0 Å². The predicted molar refractivity (Wildman–Crippen MR) is 70.7 cm³/mol. The lowest BCUT2D eigenvalue weighted by molar-refractivity contribution is -0.133. The van der Waals surface area contributed by atoms with Crippen LogP contribution in [0.5, 0.6) is 0 Å². The summed E-state index contributed by atoms with van der Waals surface area (Å²) in [4.78, 5) is 24.7. The molecule has 1 aromatic rings. The summed E-state index contributed by atoms with van der Waals surface area (Å²) in [5.41, 5.74) is 1.06. The van der Waals surface area contributed by atoms with Crippen molar-refractivity contribution in [2.45, 2.75) is 31.8 Å². The van der Waals surface area contributed by atoms with E-state index in [0.29, 0.717) is 19.5 Å². The predicted octanol–water partition coefficient (Wildman–Crippen LogP) is 1.84. The van der Waals surface area contributed by atoms with E-state index in [2.05, 4.69) is 5.32 Å². The van der Waals surface area contributed by atoms with Crippen LogP contribution in [0.4, 0.5) is 4.79 Å². The van der Waals surface area contributed by atoms with Crippen LogP contribution in [0.25, 0.3) is 0 Å². The summed E-state index contributed by atoms with van der Waals surface area (Å²) in [6, 6.07) is 9.14. The average molecular weight is 262 g/mol. The van der Waals surface area contributed by atoms with E-state index in [9.17, 15) is 9.59 Å². The van der Waals surface area contributed by atoms with Crippen LogP contribution in [0.2, 0.25) is 0 Å². The molecule has 1 fully saturated rings. The maximum absolute atomic E-state index is 12.3. The van der Waals surface area contributed by atoms with Gasteiger partial charge in [-0.15, -0.1) is 0 Å². The van der Waals surface area contributed by atoms with Gasteiger partial charge in [0.15, 0.2) is 0 Å². The standard InChI is InChI=1S/C14H18N2O3/c17-13-12(15-14(18)19)8-4-5-9-16(13)10-11-6-2-1-3-7-11/h1-3,6-7,12,15H,4-5,8-10H2,(H,18,19)/t12-/m1/s1. The lowest BCUT2D eigenvalue weighted by Crippen LogP contribution is -2.46. The van der Waals surface area contributed by atoms with Crippen molar-refractivity contribution in [3.8, 4) is 0 Å². The number of benzene rings is 1. The summed E-state index contributed by atoms with van der Waals surface area (Å²) in [5.74, 6) is -0.122. The molecule has 0 radical (unpaired) electrons. The van der Waals surface area contributed by atoms with Gasteiger partial charge >= 0.3 is 6.09 Å². The number of nitrogens with zero attached hydrogens (tertiary/aromatic N) is 1. The molecule has 2 amide bonds. The minimum atomic E-state index is -1.14. The molecule has 1 saturated heterocycles. The summed E-state index contributed by atoms with van der Waals surface area (Å²) in [5, 5.41) is 11.1. The van der Waals surface area contributed by atoms with Crippen molar-refractivity contribution in [3.63, 3.8) is 0 Å². The zero-order valence-electron chi connectivity index (χ0n) is 10.7. The number of carbonyl (C=O) groups is 2. The molecule has 0 spiro atoms. The summed E-state index contributed by atoms with van der Waals surface area (Å²) in [7, 11) is 0. The van der Waals surface area contributed by atoms with Crippen LogP contribution in [0, 0.1) is 0 Å². The molecule has 0 aliphatic carbocycles. The first-order valence-electron chi connectivity index (χ1n) is 6.49. The number of carboxylic acid groups (broad SMARTS) is 1. The van der Waals surface area contributed by atoms with Crippen molar-refractivity contribution in [1.82, 2.24) is 10.2 Å². The monoisotopic (exact) mass is 262 g/mol. The summed E-state index contributed by atoms with van der Waals surface area (Å²) >= 11 is 0. The van der Waals surface area contributed by atoms with E-state index in [4.69, 9.17) is 5.11 Å². The smallest absolute Gasteiger partial charge is 0.405 e. The van der Waals surface area contributed by atoms with Crippen molar-refractivity contribution in [3.05, 3.63) is 35.9 Å². The minimum absolute atomic E-state index is 0.122. The van der Waals surface area contributed by atoms with Crippen molar-refractivity contribution in [2.75, 3.05) is 6.54 Å². The van der Waals surface area contributed by atoms with E-state index in [1.54, 1.807) is 4.90 Å². The molecule has 5 nitrogen and oxygen atoms in total. The number of rotatable bonds is 3. The second-order valence-corrected chi connectivity index (χ2v) is 4.74. The Balaban J connectivity index is 2.06. The van der Waals surface area contributed by atoms with E-state index in [1.165, 1.54) is 0 Å². The molecule has 19 heavy (non-hydrogen) atoms. The zero-order valence-corrected chi connectivity index (χ0v) is 10.7. The van der Waals surface area contributed by atoms with Crippen LogP contribution in [0.15, 0.2) is 30.3 Å². The van der Waals surface area contributed by atoms with Gasteiger partial charge < -0.3 is 15.3 Å². The molecule has 1 aliphatic heterocycles. The Morgan fingerprint density at radius 1 is 1.32 bits per heavy atom. The second kappa shape index (κ2) is 6.22. The molecule has 2 N–H and O–H groups in total. The number of hydrogen-bond donors (Lipinski definition) is 2. The quantitative estimate of drug-likeness (QED) is 0.873. The molecule has 5 heteroatoms. The van der Waals surface area contributed by atoms with Gasteiger partial charge in [0.2, 0.25) is 5.91 Å². The highest BCUT2D eigenvalue weighted by Gasteiger charge is 2.27. The minimum Gasteiger partial charge on any atom is -0.465 e. The fraction of sp³-hybridized carbons (Fsp3) is 0.429. The van der Waals surface area contributed by atoms with Crippen LogP contribution >= 0.6 is 0 Å². The number of carbonyl (C=O) groups excluding carboxylic acids is 1. The van der Waals surface area contributed by atoms with E-state index >= 15 is 0 Å².